The molecule has 2 N–H and O–H groups in total. The Kier molecular flexibility index (Phi) is 24.0. The largest absolute Gasteiger partial charge is 0.491 e. The van der Waals surface area contributed by atoms with Crippen molar-refractivity contribution in [1.82, 2.24) is 0 Å². The first-order chi connectivity index (χ1) is 19.6. The minimum Gasteiger partial charge on any atom is -0.491 e. The number of benzene rings is 1. The Balaban J connectivity index is 1.66. The van der Waals surface area contributed by atoms with E-state index in [2.05, 4.69) is 6.58 Å². The van der Waals surface area contributed by atoms with Crippen LogP contribution in [-0.4, -0.2) is 125 Å². The summed E-state index contributed by atoms with van der Waals surface area (Å²) in [6, 6.07) is 7.25. The Morgan fingerprint density at radius 1 is 0.550 bits per heavy atom. The highest BCUT2D eigenvalue weighted by Gasteiger charge is 2.02. The zero-order valence-electron chi connectivity index (χ0n) is 23.8. The van der Waals surface area contributed by atoms with Gasteiger partial charge in [-0.05, 0) is 31.2 Å². The number of esters is 1. The van der Waals surface area contributed by atoms with Crippen molar-refractivity contribution >= 4 is 11.7 Å². The summed E-state index contributed by atoms with van der Waals surface area (Å²) in [5.41, 5.74) is 6.71. The molecule has 0 unspecified atom stereocenters. The number of nitrogen functional groups attached to an aromatic ring is 1. The zero-order chi connectivity index (χ0) is 28.9. The van der Waals surface area contributed by atoms with Crippen molar-refractivity contribution in [1.29, 1.82) is 0 Å². The van der Waals surface area contributed by atoms with Gasteiger partial charge in [0.15, 0.2) is 0 Å². The lowest BCUT2D eigenvalue weighted by Gasteiger charge is -2.09. The Bertz CT molecular complexity index is 733. The summed E-state index contributed by atoms with van der Waals surface area (Å²) >= 11 is 0. The van der Waals surface area contributed by atoms with Gasteiger partial charge in [-0.2, -0.15) is 0 Å². The number of carbonyl (C=O) groups is 1. The molecule has 0 heterocycles. The number of carbonyl (C=O) groups excluding carboxylic acids is 1. The highest BCUT2D eigenvalue weighted by atomic mass is 16.6. The van der Waals surface area contributed by atoms with Crippen LogP contribution in [0.15, 0.2) is 36.4 Å². The van der Waals surface area contributed by atoms with Gasteiger partial charge in [-0.3, -0.25) is 0 Å². The highest BCUT2D eigenvalue weighted by molar-refractivity contribution is 5.86. The fourth-order valence-corrected chi connectivity index (χ4v) is 2.74. The maximum atomic E-state index is 11.2. The molecule has 1 aromatic rings. The first-order valence-corrected chi connectivity index (χ1v) is 13.5. The van der Waals surface area contributed by atoms with Crippen LogP contribution < -0.4 is 10.5 Å². The third kappa shape index (κ3) is 23.6. The quantitative estimate of drug-likeness (QED) is 0.0649. The third-order valence-electron chi connectivity index (χ3n) is 4.79. The molecule has 0 atom stereocenters. The molecule has 12 nitrogen and oxygen atoms in total. The van der Waals surface area contributed by atoms with Crippen molar-refractivity contribution in [3.05, 3.63) is 36.4 Å². The van der Waals surface area contributed by atoms with Gasteiger partial charge < -0.3 is 53.1 Å². The second-order valence-corrected chi connectivity index (χ2v) is 8.23. The monoisotopic (exact) mass is 573 g/mol. The molecule has 0 bridgehead atoms. The number of hydrogen-bond acceptors (Lipinski definition) is 12. The predicted octanol–water partition coefficient (Wildman–Crippen LogP) is 1.90. The fourth-order valence-electron chi connectivity index (χ4n) is 2.74. The summed E-state index contributed by atoms with van der Waals surface area (Å²) in [7, 11) is 0. The van der Waals surface area contributed by atoms with Crippen molar-refractivity contribution in [3.63, 3.8) is 0 Å². The van der Waals surface area contributed by atoms with E-state index in [9.17, 15) is 4.79 Å². The van der Waals surface area contributed by atoms with Crippen molar-refractivity contribution in [2.45, 2.75) is 6.92 Å². The summed E-state index contributed by atoms with van der Waals surface area (Å²) in [5.74, 6) is 0.356. The number of anilines is 1. The van der Waals surface area contributed by atoms with Gasteiger partial charge in [0.1, 0.15) is 19.0 Å². The fraction of sp³-hybridized carbons (Fsp3) is 0.679. The van der Waals surface area contributed by atoms with Gasteiger partial charge in [0.25, 0.3) is 0 Å². The van der Waals surface area contributed by atoms with Crippen molar-refractivity contribution < 1.29 is 52.2 Å². The van der Waals surface area contributed by atoms with Gasteiger partial charge >= 0.3 is 5.97 Å². The lowest BCUT2D eigenvalue weighted by atomic mass is 10.3. The van der Waals surface area contributed by atoms with E-state index in [0.717, 1.165) is 5.75 Å². The van der Waals surface area contributed by atoms with Crippen LogP contribution in [0, 0.1) is 0 Å². The molecule has 12 heteroatoms. The topological polar surface area (TPSA) is 135 Å². The Morgan fingerprint density at radius 3 is 1.18 bits per heavy atom. The minimum absolute atomic E-state index is 0.200. The van der Waals surface area contributed by atoms with E-state index in [-0.39, 0.29) is 6.61 Å². The van der Waals surface area contributed by atoms with Gasteiger partial charge in [-0.15, -0.1) is 0 Å². The van der Waals surface area contributed by atoms with E-state index in [0.29, 0.717) is 124 Å². The number of ether oxygens (including phenoxy) is 10. The maximum Gasteiger partial charge on any atom is 0.333 e. The number of hydrogen-bond donors (Lipinski definition) is 1. The summed E-state index contributed by atoms with van der Waals surface area (Å²) < 4.78 is 53.8. The SMILES string of the molecule is C=C(C)C(=O)OCCOCCOCCOCCOCCOCCOCCOCCOCCOc1ccc(N)cc1. The molecule has 0 aliphatic carbocycles. The van der Waals surface area contributed by atoms with Crippen LogP contribution in [0.1, 0.15) is 6.92 Å². The molecule has 0 saturated heterocycles. The van der Waals surface area contributed by atoms with E-state index in [4.69, 9.17) is 53.1 Å². The van der Waals surface area contributed by atoms with Crippen LogP contribution in [0.2, 0.25) is 0 Å². The highest BCUT2D eigenvalue weighted by Crippen LogP contribution is 2.12. The molecule has 1 aromatic carbocycles. The Hall–Kier alpha value is -2.29. The second-order valence-electron chi connectivity index (χ2n) is 8.23. The molecule has 0 radical (unpaired) electrons. The molecular weight excluding hydrogens is 526 g/mol. The van der Waals surface area contributed by atoms with E-state index < -0.39 is 5.97 Å². The summed E-state index contributed by atoms with van der Waals surface area (Å²) in [4.78, 5) is 11.2. The van der Waals surface area contributed by atoms with Crippen LogP contribution in [0.5, 0.6) is 5.75 Å². The van der Waals surface area contributed by atoms with Crippen LogP contribution >= 0.6 is 0 Å². The second kappa shape index (κ2) is 26.9. The van der Waals surface area contributed by atoms with E-state index in [1.165, 1.54) is 0 Å². The summed E-state index contributed by atoms with van der Waals surface area (Å²) in [6.45, 7) is 13.4. The molecule has 1 rings (SSSR count). The first-order valence-electron chi connectivity index (χ1n) is 13.5. The smallest absolute Gasteiger partial charge is 0.333 e. The molecule has 40 heavy (non-hydrogen) atoms. The van der Waals surface area contributed by atoms with Crippen molar-refractivity contribution in [2.75, 3.05) is 125 Å². The molecule has 0 spiro atoms. The molecule has 0 fully saturated rings. The minimum atomic E-state index is -0.412. The first kappa shape index (κ1) is 35.7. The van der Waals surface area contributed by atoms with Gasteiger partial charge in [0.2, 0.25) is 0 Å². The molecule has 0 aliphatic heterocycles. The van der Waals surface area contributed by atoms with Crippen LogP contribution in [-0.2, 0) is 47.4 Å². The third-order valence-corrected chi connectivity index (χ3v) is 4.79. The maximum absolute atomic E-state index is 11.2. The molecule has 230 valence electrons. The van der Waals surface area contributed by atoms with Crippen LogP contribution in [0.3, 0.4) is 0 Å². The zero-order valence-corrected chi connectivity index (χ0v) is 23.8. The average Bonchev–Trinajstić information content (AvgIpc) is 2.95. The Labute approximate surface area is 237 Å². The van der Waals surface area contributed by atoms with Crippen molar-refractivity contribution in [3.8, 4) is 5.75 Å². The molecule has 0 saturated carbocycles. The summed E-state index contributed by atoms with van der Waals surface area (Å²) in [6.07, 6.45) is 0. The predicted molar refractivity (Wildman–Crippen MR) is 149 cm³/mol. The Morgan fingerprint density at radius 2 is 0.850 bits per heavy atom. The van der Waals surface area contributed by atoms with Crippen LogP contribution in [0.25, 0.3) is 0 Å². The average molecular weight is 574 g/mol. The van der Waals surface area contributed by atoms with E-state index >= 15 is 0 Å². The van der Waals surface area contributed by atoms with Gasteiger partial charge in [0.05, 0.1) is 106 Å². The lowest BCUT2D eigenvalue weighted by molar-refractivity contribution is -0.140. The lowest BCUT2D eigenvalue weighted by Crippen LogP contribution is -2.15. The van der Waals surface area contributed by atoms with E-state index in [1.807, 2.05) is 12.1 Å². The van der Waals surface area contributed by atoms with Crippen molar-refractivity contribution in [2.24, 2.45) is 0 Å². The van der Waals surface area contributed by atoms with Gasteiger partial charge in [-0.25, -0.2) is 4.79 Å². The molecular formula is C28H47NO11. The van der Waals surface area contributed by atoms with Gasteiger partial charge in [0, 0.05) is 11.3 Å². The van der Waals surface area contributed by atoms with E-state index in [1.54, 1.807) is 19.1 Å². The number of nitrogens with two attached hydrogens (primary N) is 1. The normalized spacial score (nSPS) is 11.0. The standard InChI is InChI=1S/C28H47NO11/c1-25(2)28(30)40-24-22-38-20-18-36-16-14-34-12-10-32-8-7-31-9-11-33-13-15-35-17-19-37-21-23-39-27-5-3-26(29)4-6-27/h3-6H,1,7-24,29H2,2H3. The molecule has 0 aromatic heterocycles. The van der Waals surface area contributed by atoms with Gasteiger partial charge in [-0.1, -0.05) is 6.58 Å². The molecule has 0 amide bonds. The van der Waals surface area contributed by atoms with Crippen LogP contribution in [0.4, 0.5) is 5.69 Å². The molecule has 0 aliphatic rings. The number of rotatable bonds is 29. The summed E-state index contributed by atoms with van der Waals surface area (Å²) in [5, 5.41) is 0.